The van der Waals surface area contributed by atoms with Gasteiger partial charge in [-0.2, -0.15) is 13.2 Å². The molecule has 192 valence electrons. The number of anilines is 1. The molecule has 0 spiro atoms. The molecule has 1 unspecified atom stereocenters. The van der Waals surface area contributed by atoms with Gasteiger partial charge in [-0.25, -0.2) is 9.78 Å². The number of aryl methyl sites for hydroxylation is 1. The molecule has 1 aliphatic heterocycles. The monoisotopic (exact) mass is 499 g/mol. The lowest BCUT2D eigenvalue weighted by molar-refractivity contribution is -0.192. The van der Waals surface area contributed by atoms with Gasteiger partial charge in [0.1, 0.15) is 11.9 Å². The molecule has 5 N–H and O–H groups in total. The number of alkyl halides is 3. The second-order valence-electron chi connectivity index (χ2n) is 7.93. The summed E-state index contributed by atoms with van der Waals surface area (Å²) in [4.78, 5) is 50.4. The molecule has 0 bridgehead atoms. The van der Waals surface area contributed by atoms with Crippen molar-refractivity contribution in [1.82, 2.24) is 14.9 Å². The van der Waals surface area contributed by atoms with Gasteiger partial charge in [-0.15, -0.1) is 0 Å². The molecule has 0 aliphatic carbocycles. The van der Waals surface area contributed by atoms with Gasteiger partial charge in [-0.1, -0.05) is 18.9 Å². The molecule has 1 aliphatic rings. The van der Waals surface area contributed by atoms with Crippen LogP contribution in [0.15, 0.2) is 23.0 Å². The summed E-state index contributed by atoms with van der Waals surface area (Å²) in [6, 6.07) is 4.80. The molecule has 2 aromatic rings. The molecule has 2 heterocycles. The molecule has 10 nitrogen and oxygen atoms in total. The average Bonchev–Trinajstić information content (AvgIpc) is 2.77. The third-order valence-electron chi connectivity index (χ3n) is 5.32. The Kier molecular flexibility index (Phi) is 9.75. The van der Waals surface area contributed by atoms with Crippen LogP contribution in [0.4, 0.5) is 18.9 Å². The van der Waals surface area contributed by atoms with Gasteiger partial charge in [0.05, 0.1) is 10.9 Å². The normalized spacial score (nSPS) is 15.9. The maximum Gasteiger partial charge on any atom is 0.490 e. The van der Waals surface area contributed by atoms with Gasteiger partial charge in [0, 0.05) is 18.7 Å². The first kappa shape index (κ1) is 27.8. The molecule has 0 radical (unpaired) electrons. The number of hydrogen-bond donors (Lipinski definition) is 4. The number of nitrogens with one attached hydrogen (secondary N) is 2. The van der Waals surface area contributed by atoms with E-state index < -0.39 is 24.1 Å². The van der Waals surface area contributed by atoms with E-state index in [4.69, 9.17) is 15.6 Å². The summed E-state index contributed by atoms with van der Waals surface area (Å²) in [5, 5.41) is 13.2. The molecule has 2 amide bonds. The van der Waals surface area contributed by atoms with Crippen LogP contribution in [0.1, 0.15) is 50.4 Å². The summed E-state index contributed by atoms with van der Waals surface area (Å²) in [5.74, 6) is -3.05. The number of piperidine rings is 1. The third kappa shape index (κ3) is 7.50. The molecule has 1 aromatic carbocycles. The number of hydrogen-bond acceptors (Lipinski definition) is 7. The fourth-order valence-corrected chi connectivity index (χ4v) is 3.64. The number of fused-ring (bicyclic) bond motifs is 1. The Bertz CT molecular complexity index is 1130. The maximum atomic E-state index is 13.3. The van der Waals surface area contributed by atoms with Crippen LogP contribution in [-0.4, -0.2) is 51.7 Å². The summed E-state index contributed by atoms with van der Waals surface area (Å²) < 4.78 is 33.1. The standard InChI is InChI=1S/C20H27N5O3.C2HF3O2/c1-13-23-15-8-6-7-14(22-12-5-3-2-4-11-21)18(15)20(28)25(13)16-9-10-17(26)24-19(16)27;3-2(4,5)1(6)7/h6-8,16,22H,2-5,9-12,21H2,1H3,(H,24,26,27);(H,6,7). The molecule has 35 heavy (non-hydrogen) atoms. The smallest absolute Gasteiger partial charge is 0.475 e. The second-order valence-corrected chi connectivity index (χ2v) is 7.93. The highest BCUT2D eigenvalue weighted by Gasteiger charge is 2.38. The van der Waals surface area contributed by atoms with Crippen molar-refractivity contribution in [1.29, 1.82) is 0 Å². The Hall–Kier alpha value is -3.48. The largest absolute Gasteiger partial charge is 0.490 e. The van der Waals surface area contributed by atoms with E-state index in [0.717, 1.165) is 37.9 Å². The molecule has 1 aromatic heterocycles. The summed E-state index contributed by atoms with van der Waals surface area (Å²) in [6.07, 6.45) is -0.396. The van der Waals surface area contributed by atoms with Crippen molar-refractivity contribution in [2.75, 3.05) is 18.4 Å². The molecule has 13 heteroatoms. The number of nitrogens with zero attached hydrogens (tertiary/aromatic N) is 2. The predicted molar refractivity (Wildman–Crippen MR) is 122 cm³/mol. The molecular formula is C22H28F3N5O5. The van der Waals surface area contributed by atoms with E-state index in [9.17, 15) is 27.6 Å². The summed E-state index contributed by atoms with van der Waals surface area (Å²) in [5.41, 5.74) is 6.56. The van der Waals surface area contributed by atoms with Gasteiger partial charge in [0.2, 0.25) is 11.8 Å². The fraction of sp³-hybridized carbons (Fsp3) is 0.500. The topological polar surface area (TPSA) is 156 Å². The van der Waals surface area contributed by atoms with Crippen LogP contribution in [0.2, 0.25) is 0 Å². The molecule has 1 saturated heterocycles. The van der Waals surface area contributed by atoms with Gasteiger partial charge in [-0.3, -0.25) is 24.3 Å². The molecule has 3 rings (SSSR count). The Morgan fingerprint density at radius 1 is 1.23 bits per heavy atom. The second kappa shape index (κ2) is 12.3. The van der Waals surface area contributed by atoms with Crippen molar-refractivity contribution in [3.63, 3.8) is 0 Å². The third-order valence-corrected chi connectivity index (χ3v) is 5.32. The van der Waals surface area contributed by atoms with Gasteiger partial charge in [-0.05, 0) is 44.9 Å². The Morgan fingerprint density at radius 2 is 1.89 bits per heavy atom. The highest BCUT2D eigenvalue weighted by atomic mass is 19.4. The van der Waals surface area contributed by atoms with Crippen LogP contribution in [0.25, 0.3) is 10.9 Å². The van der Waals surface area contributed by atoms with Crippen molar-refractivity contribution >= 4 is 34.4 Å². The first-order valence-electron chi connectivity index (χ1n) is 11.1. The minimum absolute atomic E-state index is 0.211. The number of benzene rings is 1. The Morgan fingerprint density at radius 3 is 2.49 bits per heavy atom. The van der Waals surface area contributed by atoms with Crippen LogP contribution in [0.3, 0.4) is 0 Å². The summed E-state index contributed by atoms with van der Waals surface area (Å²) in [7, 11) is 0. The van der Waals surface area contributed by atoms with Crippen LogP contribution in [0, 0.1) is 6.92 Å². The summed E-state index contributed by atoms with van der Waals surface area (Å²) in [6.45, 7) is 3.17. The number of carbonyl (C=O) groups excluding carboxylic acids is 2. The first-order valence-corrected chi connectivity index (χ1v) is 11.1. The number of aromatic nitrogens is 2. The van der Waals surface area contributed by atoms with E-state index in [1.165, 1.54) is 4.57 Å². The average molecular weight is 499 g/mol. The van der Waals surface area contributed by atoms with Crippen molar-refractivity contribution in [3.05, 3.63) is 34.4 Å². The minimum Gasteiger partial charge on any atom is -0.475 e. The Labute approximate surface area is 198 Å². The van der Waals surface area contributed by atoms with Crippen LogP contribution in [0.5, 0.6) is 0 Å². The van der Waals surface area contributed by atoms with Crippen molar-refractivity contribution in [3.8, 4) is 0 Å². The highest BCUT2D eigenvalue weighted by molar-refractivity contribution is 5.99. The highest BCUT2D eigenvalue weighted by Crippen LogP contribution is 2.23. The van der Waals surface area contributed by atoms with Crippen molar-refractivity contribution in [2.24, 2.45) is 5.73 Å². The minimum atomic E-state index is -5.08. The quantitative estimate of drug-likeness (QED) is 0.318. The number of carboxylic acids is 1. The van der Waals surface area contributed by atoms with Crippen LogP contribution < -0.4 is 21.9 Å². The lowest BCUT2D eigenvalue weighted by Crippen LogP contribution is -2.45. The lowest BCUT2D eigenvalue weighted by atomic mass is 10.1. The van der Waals surface area contributed by atoms with Gasteiger partial charge in [0.15, 0.2) is 0 Å². The number of imide groups is 1. The molecule has 0 saturated carbocycles. The van der Waals surface area contributed by atoms with E-state index >= 15 is 0 Å². The number of aliphatic carboxylic acids is 1. The van der Waals surface area contributed by atoms with Crippen molar-refractivity contribution < 1.29 is 32.7 Å². The van der Waals surface area contributed by atoms with Gasteiger partial charge in [0.25, 0.3) is 5.56 Å². The Balaban J connectivity index is 0.000000540. The number of nitrogens with two attached hydrogens (primary N) is 1. The first-order chi connectivity index (χ1) is 16.5. The van der Waals surface area contributed by atoms with Gasteiger partial charge >= 0.3 is 12.1 Å². The molecule has 1 fully saturated rings. The van der Waals surface area contributed by atoms with E-state index in [0.29, 0.717) is 29.7 Å². The van der Waals surface area contributed by atoms with Gasteiger partial charge < -0.3 is 16.2 Å². The predicted octanol–water partition coefficient (Wildman–Crippen LogP) is 2.25. The van der Waals surface area contributed by atoms with E-state index in [2.05, 4.69) is 15.6 Å². The number of unbranched alkanes of at least 4 members (excludes halogenated alkanes) is 3. The van der Waals surface area contributed by atoms with E-state index in [-0.39, 0.29) is 17.9 Å². The zero-order valence-corrected chi connectivity index (χ0v) is 19.2. The molecule has 1 atom stereocenters. The summed E-state index contributed by atoms with van der Waals surface area (Å²) >= 11 is 0. The maximum absolute atomic E-state index is 13.3. The number of carboxylic acid groups (broad SMARTS) is 1. The lowest BCUT2D eigenvalue weighted by Gasteiger charge is -2.24. The zero-order valence-electron chi connectivity index (χ0n) is 19.2. The van der Waals surface area contributed by atoms with Crippen LogP contribution >= 0.6 is 0 Å². The number of carbonyl (C=O) groups is 3. The fourth-order valence-electron chi connectivity index (χ4n) is 3.64. The van der Waals surface area contributed by atoms with E-state index in [1.54, 1.807) is 13.0 Å². The number of amides is 2. The zero-order chi connectivity index (χ0) is 26.2. The molecular weight excluding hydrogens is 471 g/mol. The van der Waals surface area contributed by atoms with E-state index in [1.807, 2.05) is 12.1 Å². The van der Waals surface area contributed by atoms with Crippen LogP contribution in [-0.2, 0) is 14.4 Å². The van der Waals surface area contributed by atoms with Crippen molar-refractivity contribution in [2.45, 2.75) is 57.7 Å². The SMILES string of the molecule is Cc1nc2cccc(NCCCCCCN)c2c(=O)n1C1CCC(=O)NC1=O.O=C(O)C(F)(F)F. The number of halogens is 3. The number of rotatable bonds is 8.